The van der Waals surface area contributed by atoms with E-state index in [1.807, 2.05) is 0 Å². The van der Waals surface area contributed by atoms with E-state index in [9.17, 15) is 9.59 Å². The van der Waals surface area contributed by atoms with Gasteiger partial charge in [-0.05, 0) is 64.2 Å². The van der Waals surface area contributed by atoms with Gasteiger partial charge in [-0.15, -0.1) is 0 Å². The molecule has 0 atom stereocenters. The minimum absolute atomic E-state index is 0.0180. The van der Waals surface area contributed by atoms with Crippen LogP contribution in [0.5, 0.6) is 0 Å². The number of carbonyl (C=O) groups is 2. The van der Waals surface area contributed by atoms with Gasteiger partial charge < -0.3 is 9.47 Å². The van der Waals surface area contributed by atoms with E-state index in [0.717, 1.165) is 44.4 Å². The molecule has 2 saturated carbocycles. The van der Waals surface area contributed by atoms with Crippen LogP contribution in [0, 0.1) is 11.8 Å². The van der Waals surface area contributed by atoms with Crippen molar-refractivity contribution in [1.29, 1.82) is 0 Å². The van der Waals surface area contributed by atoms with Crippen molar-refractivity contribution in [2.75, 3.05) is 0 Å². The topological polar surface area (TPSA) is 52.6 Å². The van der Waals surface area contributed by atoms with Gasteiger partial charge in [0.05, 0.1) is 5.92 Å². The Morgan fingerprint density at radius 3 is 2.04 bits per heavy atom. The maximum Gasteiger partial charge on any atom is 0.330 e. The van der Waals surface area contributed by atoms with Gasteiger partial charge >= 0.3 is 11.9 Å². The Bertz CT molecular complexity index is 413. The first-order valence-electron chi connectivity index (χ1n) is 9.16. The van der Waals surface area contributed by atoms with Gasteiger partial charge in [0.1, 0.15) is 12.2 Å². The summed E-state index contributed by atoms with van der Waals surface area (Å²) in [6, 6.07) is 0. The van der Waals surface area contributed by atoms with Gasteiger partial charge in [0, 0.05) is 6.08 Å². The quantitative estimate of drug-likeness (QED) is 0.563. The highest BCUT2D eigenvalue weighted by atomic mass is 16.5. The highest BCUT2D eigenvalue weighted by Gasteiger charge is 2.31. The van der Waals surface area contributed by atoms with E-state index in [2.05, 4.69) is 6.92 Å². The molecule has 4 heteroatoms. The van der Waals surface area contributed by atoms with Gasteiger partial charge in [-0.2, -0.15) is 0 Å². The molecule has 2 aliphatic rings. The number of hydrogen-bond acceptors (Lipinski definition) is 4. The molecule has 0 bridgehead atoms. The number of ether oxygens (including phenoxy) is 2. The molecule has 4 nitrogen and oxygen atoms in total. The van der Waals surface area contributed by atoms with Crippen molar-refractivity contribution >= 4 is 11.9 Å². The second kappa shape index (κ2) is 9.09. The van der Waals surface area contributed by atoms with E-state index in [4.69, 9.17) is 9.47 Å². The molecule has 0 heterocycles. The second-order valence-corrected chi connectivity index (χ2v) is 6.90. The van der Waals surface area contributed by atoms with Crippen LogP contribution in [0.25, 0.3) is 0 Å². The van der Waals surface area contributed by atoms with Crippen LogP contribution in [-0.4, -0.2) is 24.1 Å². The molecular formula is C19H30O4. The number of esters is 2. The van der Waals surface area contributed by atoms with Crippen LogP contribution in [-0.2, 0) is 19.1 Å². The Morgan fingerprint density at radius 1 is 0.913 bits per heavy atom. The third-order valence-corrected chi connectivity index (χ3v) is 5.25. The molecule has 0 amide bonds. The highest BCUT2D eigenvalue weighted by Crippen LogP contribution is 2.31. The molecule has 0 aromatic rings. The van der Waals surface area contributed by atoms with Gasteiger partial charge in [0.15, 0.2) is 0 Å². The predicted octanol–water partition coefficient (Wildman–Crippen LogP) is 4.18. The highest BCUT2D eigenvalue weighted by molar-refractivity contribution is 5.82. The maximum absolute atomic E-state index is 12.3. The number of rotatable bonds is 5. The average Bonchev–Trinajstić information content (AvgIpc) is 2.56. The van der Waals surface area contributed by atoms with E-state index in [0.29, 0.717) is 0 Å². The molecule has 0 spiro atoms. The number of hydrogen-bond donors (Lipinski definition) is 0. The standard InChI is InChI=1S/C19H30O4/c1-3-5-18(20)22-16-12-8-15(9-13-16)19(21)23-17-10-6-14(4-2)7-11-17/h3,5,14-17H,4,6-13H2,1-2H3/b5-3+/t14-,15-,16-,17-. The molecule has 0 aliphatic heterocycles. The van der Waals surface area contributed by atoms with Gasteiger partial charge in [-0.1, -0.05) is 19.4 Å². The van der Waals surface area contributed by atoms with Crippen LogP contribution in [0.2, 0.25) is 0 Å². The molecule has 2 fully saturated rings. The van der Waals surface area contributed by atoms with E-state index in [1.165, 1.54) is 25.3 Å². The second-order valence-electron chi connectivity index (χ2n) is 6.90. The summed E-state index contributed by atoms with van der Waals surface area (Å²) in [6.07, 6.45) is 11.8. The Hall–Kier alpha value is -1.32. The normalized spacial score (nSPS) is 31.7. The van der Waals surface area contributed by atoms with E-state index in [1.54, 1.807) is 13.0 Å². The molecule has 23 heavy (non-hydrogen) atoms. The summed E-state index contributed by atoms with van der Waals surface area (Å²) in [4.78, 5) is 23.7. The number of allylic oxidation sites excluding steroid dienone is 1. The summed E-state index contributed by atoms with van der Waals surface area (Å²) in [7, 11) is 0. The molecule has 2 rings (SSSR count). The van der Waals surface area contributed by atoms with Crippen molar-refractivity contribution in [2.24, 2.45) is 11.8 Å². The molecule has 0 saturated heterocycles. The lowest BCUT2D eigenvalue weighted by Gasteiger charge is -2.31. The van der Waals surface area contributed by atoms with Crippen molar-refractivity contribution in [3.63, 3.8) is 0 Å². The summed E-state index contributed by atoms with van der Waals surface area (Å²) >= 11 is 0. The monoisotopic (exact) mass is 322 g/mol. The SMILES string of the molecule is C/C=C/C(=O)O[C@H]1CC[C@H](C(=O)O[C@H]2CC[C@H](CC)CC2)CC1. The van der Waals surface area contributed by atoms with Crippen LogP contribution in [0.1, 0.15) is 71.6 Å². The first-order valence-corrected chi connectivity index (χ1v) is 9.16. The number of carbonyl (C=O) groups excluding carboxylic acids is 2. The fraction of sp³-hybridized carbons (Fsp3) is 0.789. The van der Waals surface area contributed by atoms with Crippen LogP contribution < -0.4 is 0 Å². The first-order chi connectivity index (χ1) is 11.1. The lowest BCUT2D eigenvalue weighted by molar-refractivity contribution is -0.158. The fourth-order valence-corrected chi connectivity index (χ4v) is 3.67. The van der Waals surface area contributed by atoms with Crippen molar-refractivity contribution < 1.29 is 19.1 Å². The molecule has 2 aliphatic carbocycles. The van der Waals surface area contributed by atoms with Crippen LogP contribution in [0.3, 0.4) is 0 Å². The minimum atomic E-state index is -0.286. The van der Waals surface area contributed by atoms with Crippen LogP contribution in [0.4, 0.5) is 0 Å². The summed E-state index contributed by atoms with van der Waals surface area (Å²) in [6.45, 7) is 4.03. The lowest BCUT2D eigenvalue weighted by atomic mass is 9.85. The first kappa shape index (κ1) is 18.0. The molecule has 0 aromatic heterocycles. The lowest BCUT2D eigenvalue weighted by Crippen LogP contribution is -2.32. The summed E-state index contributed by atoms with van der Waals surface area (Å²) in [5, 5.41) is 0. The Morgan fingerprint density at radius 2 is 1.48 bits per heavy atom. The summed E-state index contributed by atoms with van der Waals surface area (Å²) in [5.74, 6) is 0.470. The van der Waals surface area contributed by atoms with Crippen molar-refractivity contribution in [1.82, 2.24) is 0 Å². The molecule has 0 radical (unpaired) electrons. The predicted molar refractivity (Wildman–Crippen MR) is 88.8 cm³/mol. The van der Waals surface area contributed by atoms with Crippen molar-refractivity contribution in [3.05, 3.63) is 12.2 Å². The molecular weight excluding hydrogens is 292 g/mol. The van der Waals surface area contributed by atoms with Gasteiger partial charge in [-0.3, -0.25) is 4.79 Å². The Balaban J connectivity index is 1.68. The van der Waals surface area contributed by atoms with E-state index in [-0.39, 0.29) is 30.1 Å². The zero-order chi connectivity index (χ0) is 16.7. The minimum Gasteiger partial charge on any atom is -0.462 e. The van der Waals surface area contributed by atoms with Gasteiger partial charge in [0.25, 0.3) is 0 Å². The van der Waals surface area contributed by atoms with Crippen LogP contribution in [0.15, 0.2) is 12.2 Å². The third kappa shape index (κ3) is 5.67. The van der Waals surface area contributed by atoms with Crippen molar-refractivity contribution in [3.8, 4) is 0 Å². The third-order valence-electron chi connectivity index (χ3n) is 5.25. The molecule has 0 aromatic carbocycles. The largest absolute Gasteiger partial charge is 0.462 e. The molecule has 0 unspecified atom stereocenters. The molecule has 130 valence electrons. The zero-order valence-electron chi connectivity index (χ0n) is 14.5. The molecule has 0 N–H and O–H groups in total. The Labute approximate surface area is 139 Å². The van der Waals surface area contributed by atoms with E-state index < -0.39 is 0 Å². The summed E-state index contributed by atoms with van der Waals surface area (Å²) in [5.41, 5.74) is 0. The van der Waals surface area contributed by atoms with Gasteiger partial charge in [0.2, 0.25) is 0 Å². The maximum atomic E-state index is 12.3. The van der Waals surface area contributed by atoms with Gasteiger partial charge in [-0.25, -0.2) is 4.79 Å². The Kier molecular flexibility index (Phi) is 7.13. The fourth-order valence-electron chi connectivity index (χ4n) is 3.67. The van der Waals surface area contributed by atoms with Crippen LogP contribution >= 0.6 is 0 Å². The van der Waals surface area contributed by atoms with Crippen molar-refractivity contribution in [2.45, 2.75) is 83.8 Å². The average molecular weight is 322 g/mol. The smallest absolute Gasteiger partial charge is 0.330 e. The van der Waals surface area contributed by atoms with E-state index >= 15 is 0 Å². The summed E-state index contributed by atoms with van der Waals surface area (Å²) < 4.78 is 11.1. The zero-order valence-corrected chi connectivity index (χ0v) is 14.5.